The van der Waals surface area contributed by atoms with E-state index in [1.807, 2.05) is 18.2 Å². The number of aromatic nitrogens is 1. The number of hydrogen-bond donors (Lipinski definition) is 2. The van der Waals surface area contributed by atoms with Crippen molar-refractivity contribution in [2.24, 2.45) is 0 Å². The molecule has 1 aliphatic carbocycles. The van der Waals surface area contributed by atoms with Crippen LogP contribution in [-0.4, -0.2) is 36.1 Å². The van der Waals surface area contributed by atoms with E-state index >= 15 is 0 Å². The van der Waals surface area contributed by atoms with Crippen molar-refractivity contribution >= 4 is 22.3 Å². The summed E-state index contributed by atoms with van der Waals surface area (Å²) < 4.78 is 0. The predicted molar refractivity (Wildman–Crippen MR) is 89.5 cm³/mol. The van der Waals surface area contributed by atoms with Crippen LogP contribution in [0, 0.1) is 0 Å². The average molecular weight is 284 g/mol. The molecule has 21 heavy (non-hydrogen) atoms. The Morgan fingerprint density at radius 3 is 2.86 bits per heavy atom. The number of anilines is 2. The summed E-state index contributed by atoms with van der Waals surface area (Å²) in [4.78, 5) is 6.84. The Bertz CT molecular complexity index is 605. The fourth-order valence-corrected chi connectivity index (χ4v) is 3.24. The van der Waals surface area contributed by atoms with Crippen molar-refractivity contribution < 1.29 is 0 Å². The third-order valence-electron chi connectivity index (χ3n) is 4.52. The molecule has 1 heterocycles. The number of pyridine rings is 1. The highest BCUT2D eigenvalue weighted by Crippen LogP contribution is 2.27. The van der Waals surface area contributed by atoms with Gasteiger partial charge in [0.25, 0.3) is 0 Å². The minimum atomic E-state index is 0.720. The maximum atomic E-state index is 6.09. The van der Waals surface area contributed by atoms with E-state index in [1.54, 1.807) is 6.20 Å². The summed E-state index contributed by atoms with van der Waals surface area (Å²) in [6, 6.07) is 8.88. The number of nitrogen functional groups attached to an aromatic ring is 1. The molecule has 4 nitrogen and oxygen atoms in total. The van der Waals surface area contributed by atoms with E-state index in [4.69, 9.17) is 5.73 Å². The molecule has 0 spiro atoms. The Labute approximate surface area is 126 Å². The molecule has 0 unspecified atom stereocenters. The van der Waals surface area contributed by atoms with E-state index in [1.165, 1.54) is 25.7 Å². The number of para-hydroxylation sites is 1. The predicted octanol–water partition coefficient (Wildman–Crippen LogP) is 3.10. The van der Waals surface area contributed by atoms with Crippen molar-refractivity contribution in [3.8, 4) is 0 Å². The van der Waals surface area contributed by atoms with Gasteiger partial charge in [0, 0.05) is 24.5 Å². The molecule has 1 aromatic carbocycles. The zero-order valence-corrected chi connectivity index (χ0v) is 12.7. The molecule has 2 aromatic rings. The van der Waals surface area contributed by atoms with Crippen LogP contribution in [0.5, 0.6) is 0 Å². The number of likely N-dealkylation sites (N-methyl/N-ethyl adjacent to an activating group) is 1. The normalized spacial score (nSPS) is 15.9. The Hall–Kier alpha value is -1.81. The van der Waals surface area contributed by atoms with Crippen LogP contribution in [0.25, 0.3) is 10.9 Å². The molecule has 3 N–H and O–H groups in total. The topological polar surface area (TPSA) is 54.2 Å². The lowest BCUT2D eigenvalue weighted by Crippen LogP contribution is -2.33. The van der Waals surface area contributed by atoms with E-state index < -0.39 is 0 Å². The summed E-state index contributed by atoms with van der Waals surface area (Å²) in [5.74, 6) is 0. The molecule has 0 radical (unpaired) electrons. The second kappa shape index (κ2) is 6.31. The average Bonchev–Trinajstić information content (AvgIpc) is 3.04. The van der Waals surface area contributed by atoms with Crippen molar-refractivity contribution in [3.63, 3.8) is 0 Å². The number of rotatable bonds is 5. The summed E-state index contributed by atoms with van der Waals surface area (Å²) in [6.07, 6.45) is 7.19. The van der Waals surface area contributed by atoms with E-state index in [-0.39, 0.29) is 0 Å². The number of fused-ring (bicyclic) bond motifs is 1. The SMILES string of the molecule is CN(CCNc1c(N)cnc2ccccc12)C1CCCC1. The minimum Gasteiger partial charge on any atom is -0.396 e. The lowest BCUT2D eigenvalue weighted by atomic mass is 10.1. The summed E-state index contributed by atoms with van der Waals surface area (Å²) in [6.45, 7) is 1.95. The lowest BCUT2D eigenvalue weighted by Gasteiger charge is -2.24. The number of nitrogens with two attached hydrogens (primary N) is 1. The first kappa shape index (κ1) is 14.1. The molecule has 1 fully saturated rings. The molecule has 0 bridgehead atoms. The summed E-state index contributed by atoms with van der Waals surface area (Å²) in [7, 11) is 2.23. The van der Waals surface area contributed by atoms with Crippen LogP contribution in [0.2, 0.25) is 0 Å². The smallest absolute Gasteiger partial charge is 0.0743 e. The highest BCUT2D eigenvalue weighted by molar-refractivity contribution is 5.96. The van der Waals surface area contributed by atoms with Crippen LogP contribution >= 0.6 is 0 Å². The number of hydrogen-bond acceptors (Lipinski definition) is 4. The van der Waals surface area contributed by atoms with Gasteiger partial charge in [-0.2, -0.15) is 0 Å². The first-order valence-corrected chi connectivity index (χ1v) is 7.83. The zero-order valence-electron chi connectivity index (χ0n) is 12.7. The van der Waals surface area contributed by atoms with Gasteiger partial charge in [0.15, 0.2) is 0 Å². The van der Waals surface area contributed by atoms with Gasteiger partial charge in [0.1, 0.15) is 0 Å². The molecule has 0 atom stereocenters. The summed E-state index contributed by atoms with van der Waals surface area (Å²) in [5, 5.41) is 4.60. The maximum Gasteiger partial charge on any atom is 0.0743 e. The van der Waals surface area contributed by atoms with Crippen LogP contribution in [0.15, 0.2) is 30.5 Å². The third-order valence-corrected chi connectivity index (χ3v) is 4.52. The van der Waals surface area contributed by atoms with Crippen molar-refractivity contribution in [1.82, 2.24) is 9.88 Å². The third kappa shape index (κ3) is 3.10. The second-order valence-electron chi connectivity index (χ2n) is 5.95. The number of nitrogens with zero attached hydrogens (tertiary/aromatic N) is 2. The lowest BCUT2D eigenvalue weighted by molar-refractivity contribution is 0.255. The van der Waals surface area contributed by atoms with Crippen LogP contribution < -0.4 is 11.1 Å². The molecule has 1 saturated carbocycles. The van der Waals surface area contributed by atoms with Crippen LogP contribution in [-0.2, 0) is 0 Å². The van der Waals surface area contributed by atoms with Crippen LogP contribution in [0.1, 0.15) is 25.7 Å². The van der Waals surface area contributed by atoms with Gasteiger partial charge in [-0.05, 0) is 26.0 Å². The molecule has 4 heteroatoms. The monoisotopic (exact) mass is 284 g/mol. The second-order valence-corrected chi connectivity index (χ2v) is 5.95. The van der Waals surface area contributed by atoms with Gasteiger partial charge in [0.05, 0.1) is 23.1 Å². The molecule has 1 aromatic heterocycles. The van der Waals surface area contributed by atoms with Gasteiger partial charge in [-0.25, -0.2) is 0 Å². The summed E-state index contributed by atoms with van der Waals surface area (Å²) in [5.41, 5.74) is 8.81. The first-order valence-electron chi connectivity index (χ1n) is 7.83. The van der Waals surface area contributed by atoms with E-state index in [2.05, 4.69) is 28.3 Å². The van der Waals surface area contributed by atoms with Gasteiger partial charge in [-0.15, -0.1) is 0 Å². The van der Waals surface area contributed by atoms with Crippen LogP contribution in [0.3, 0.4) is 0 Å². The van der Waals surface area contributed by atoms with Gasteiger partial charge in [-0.3, -0.25) is 4.98 Å². The standard InChI is InChI=1S/C17H24N4/c1-21(13-6-2-3-7-13)11-10-19-17-14-8-4-5-9-16(14)20-12-15(17)18/h4-5,8-9,12-13H,2-3,6-7,10-11,18H2,1H3,(H,19,20). The molecule has 112 valence electrons. The van der Waals surface area contributed by atoms with E-state index in [0.29, 0.717) is 0 Å². The fourth-order valence-electron chi connectivity index (χ4n) is 3.24. The van der Waals surface area contributed by atoms with Crippen molar-refractivity contribution in [1.29, 1.82) is 0 Å². The van der Waals surface area contributed by atoms with E-state index in [0.717, 1.165) is 41.4 Å². The largest absolute Gasteiger partial charge is 0.396 e. The quantitative estimate of drug-likeness (QED) is 0.886. The molecule has 0 aliphatic heterocycles. The molecule has 1 aliphatic rings. The number of nitrogens with one attached hydrogen (secondary N) is 1. The summed E-state index contributed by atoms with van der Waals surface area (Å²) >= 11 is 0. The molecule has 3 rings (SSSR count). The Morgan fingerprint density at radius 2 is 2.05 bits per heavy atom. The fraction of sp³-hybridized carbons (Fsp3) is 0.471. The molecule has 0 saturated heterocycles. The Kier molecular flexibility index (Phi) is 4.25. The Morgan fingerprint density at radius 1 is 1.29 bits per heavy atom. The van der Waals surface area contributed by atoms with Gasteiger partial charge in [0.2, 0.25) is 0 Å². The molecule has 0 amide bonds. The van der Waals surface area contributed by atoms with Gasteiger partial charge < -0.3 is 16.0 Å². The van der Waals surface area contributed by atoms with Gasteiger partial charge >= 0.3 is 0 Å². The van der Waals surface area contributed by atoms with Crippen molar-refractivity contribution in [2.45, 2.75) is 31.7 Å². The maximum absolute atomic E-state index is 6.09. The van der Waals surface area contributed by atoms with E-state index in [9.17, 15) is 0 Å². The van der Waals surface area contributed by atoms with Gasteiger partial charge in [-0.1, -0.05) is 31.0 Å². The van der Waals surface area contributed by atoms with Crippen molar-refractivity contribution in [3.05, 3.63) is 30.5 Å². The first-order chi connectivity index (χ1) is 10.3. The molecular weight excluding hydrogens is 260 g/mol. The minimum absolute atomic E-state index is 0.720. The van der Waals surface area contributed by atoms with Crippen molar-refractivity contribution in [2.75, 3.05) is 31.2 Å². The number of benzene rings is 1. The van der Waals surface area contributed by atoms with Crippen LogP contribution in [0.4, 0.5) is 11.4 Å². The zero-order chi connectivity index (χ0) is 14.7. The molecular formula is C17H24N4. The highest BCUT2D eigenvalue weighted by atomic mass is 15.1. The highest BCUT2D eigenvalue weighted by Gasteiger charge is 2.18. The Balaban J connectivity index is 1.66.